The lowest BCUT2D eigenvalue weighted by molar-refractivity contribution is -0.159. The molecule has 1 rings (SSSR count). The van der Waals surface area contributed by atoms with Gasteiger partial charge in [-0.1, -0.05) is 57.9 Å². The van der Waals surface area contributed by atoms with Crippen LogP contribution in [0.5, 0.6) is 0 Å². The molecule has 0 spiro atoms. The largest absolute Gasteiger partial charge is 0.464 e. The predicted molar refractivity (Wildman–Crippen MR) is 85.8 cm³/mol. The van der Waals surface area contributed by atoms with Crippen molar-refractivity contribution in [1.29, 1.82) is 0 Å². The molecule has 1 aliphatic rings. The minimum atomic E-state index is -0.603. The summed E-state index contributed by atoms with van der Waals surface area (Å²) in [4.78, 5) is 12.5. The monoisotopic (exact) mass is 294 g/mol. The second-order valence-corrected chi connectivity index (χ2v) is 6.51. The third kappa shape index (κ3) is 4.19. The third-order valence-electron chi connectivity index (χ3n) is 4.99. The van der Waals surface area contributed by atoms with Crippen molar-refractivity contribution >= 4 is 5.97 Å². The van der Waals surface area contributed by atoms with Crippen LogP contribution in [0.1, 0.15) is 53.4 Å². The molecular formula is C18H30O3. The third-order valence-corrected chi connectivity index (χ3v) is 4.99. The number of aliphatic hydroxyl groups is 1. The van der Waals surface area contributed by atoms with E-state index >= 15 is 0 Å². The minimum Gasteiger partial charge on any atom is -0.464 e. The van der Waals surface area contributed by atoms with E-state index in [4.69, 9.17) is 4.74 Å². The fourth-order valence-electron chi connectivity index (χ4n) is 2.61. The van der Waals surface area contributed by atoms with Gasteiger partial charge in [0.2, 0.25) is 0 Å². The van der Waals surface area contributed by atoms with Crippen molar-refractivity contribution in [2.75, 3.05) is 13.2 Å². The molecule has 3 unspecified atom stereocenters. The van der Waals surface area contributed by atoms with Crippen LogP contribution < -0.4 is 0 Å². The number of allylic oxidation sites excluding steroid dienone is 3. The van der Waals surface area contributed by atoms with Crippen LogP contribution in [0.2, 0.25) is 0 Å². The lowest BCUT2D eigenvalue weighted by Crippen LogP contribution is -2.38. The first-order chi connectivity index (χ1) is 9.94. The van der Waals surface area contributed by atoms with Crippen molar-refractivity contribution in [3.63, 3.8) is 0 Å². The van der Waals surface area contributed by atoms with Gasteiger partial charge in [-0.3, -0.25) is 4.79 Å². The number of carbonyl (C=O) groups is 1. The zero-order valence-electron chi connectivity index (χ0n) is 13.9. The van der Waals surface area contributed by atoms with E-state index in [0.717, 1.165) is 25.7 Å². The molecule has 0 saturated heterocycles. The Hall–Kier alpha value is -1.09. The molecule has 1 N–H and O–H groups in total. The fourth-order valence-corrected chi connectivity index (χ4v) is 2.61. The lowest BCUT2D eigenvalue weighted by Gasteiger charge is -2.34. The predicted octanol–water partition coefficient (Wildman–Crippen LogP) is 3.88. The summed E-state index contributed by atoms with van der Waals surface area (Å²) in [5.74, 6) is -0.0748. The van der Waals surface area contributed by atoms with Crippen molar-refractivity contribution in [2.24, 2.45) is 16.7 Å². The summed E-state index contributed by atoms with van der Waals surface area (Å²) < 4.78 is 5.62. The van der Waals surface area contributed by atoms with Gasteiger partial charge in [0.05, 0.1) is 18.6 Å². The molecule has 3 nitrogen and oxygen atoms in total. The molecule has 1 aliphatic carbocycles. The zero-order valence-corrected chi connectivity index (χ0v) is 13.9. The number of carbonyl (C=O) groups excluding carboxylic acids is 1. The molecule has 0 aromatic carbocycles. The van der Waals surface area contributed by atoms with Gasteiger partial charge in [-0.05, 0) is 25.7 Å². The van der Waals surface area contributed by atoms with Crippen LogP contribution in [0.3, 0.4) is 0 Å². The fraction of sp³-hybridized carbons (Fsp3) is 0.722. The standard InChI is InChI=1S/C18H30O3/c1-5-7-12-18(6-2,13-19)14-21-16(20)17(4)11-9-8-10-15(17)3/h8-11,15,19H,5-7,12-14H2,1-4H3. The highest BCUT2D eigenvalue weighted by Crippen LogP contribution is 2.36. The van der Waals surface area contributed by atoms with Crippen LogP contribution in [0.15, 0.2) is 24.3 Å². The van der Waals surface area contributed by atoms with E-state index in [1.165, 1.54) is 0 Å². The molecule has 0 amide bonds. The van der Waals surface area contributed by atoms with Crippen LogP contribution in [0, 0.1) is 16.7 Å². The summed E-state index contributed by atoms with van der Waals surface area (Å²) >= 11 is 0. The summed E-state index contributed by atoms with van der Waals surface area (Å²) in [6, 6.07) is 0. The van der Waals surface area contributed by atoms with Crippen LogP contribution in [0.25, 0.3) is 0 Å². The van der Waals surface area contributed by atoms with E-state index in [-0.39, 0.29) is 23.9 Å². The Labute approximate surface area is 129 Å². The second-order valence-electron chi connectivity index (χ2n) is 6.51. The number of hydrogen-bond donors (Lipinski definition) is 1. The molecular weight excluding hydrogens is 264 g/mol. The summed E-state index contributed by atoms with van der Waals surface area (Å²) in [5.41, 5.74) is -0.895. The molecule has 0 radical (unpaired) electrons. The number of aliphatic hydroxyl groups excluding tert-OH is 1. The van der Waals surface area contributed by atoms with Gasteiger partial charge in [-0.15, -0.1) is 0 Å². The van der Waals surface area contributed by atoms with Crippen LogP contribution in [-0.4, -0.2) is 24.3 Å². The summed E-state index contributed by atoms with van der Waals surface area (Å²) in [7, 11) is 0. The summed E-state index contributed by atoms with van der Waals surface area (Å²) in [5, 5.41) is 9.73. The Kier molecular flexibility index (Phi) is 6.66. The molecule has 0 aromatic heterocycles. The minimum absolute atomic E-state index is 0.0682. The van der Waals surface area contributed by atoms with Gasteiger partial charge in [-0.2, -0.15) is 0 Å². The second kappa shape index (κ2) is 7.79. The molecule has 120 valence electrons. The first-order valence-electron chi connectivity index (χ1n) is 8.08. The maximum Gasteiger partial charge on any atom is 0.316 e. The van der Waals surface area contributed by atoms with Gasteiger partial charge in [-0.25, -0.2) is 0 Å². The SMILES string of the molecule is CCCCC(CC)(CO)COC(=O)C1(C)C=CC=CC1C. The Morgan fingerprint density at radius 3 is 2.62 bits per heavy atom. The van der Waals surface area contributed by atoms with Gasteiger partial charge < -0.3 is 9.84 Å². The smallest absolute Gasteiger partial charge is 0.316 e. The van der Waals surface area contributed by atoms with Crippen molar-refractivity contribution < 1.29 is 14.6 Å². The highest BCUT2D eigenvalue weighted by molar-refractivity contribution is 5.80. The maximum atomic E-state index is 12.5. The molecule has 0 aliphatic heterocycles. The van der Waals surface area contributed by atoms with E-state index in [0.29, 0.717) is 6.61 Å². The topological polar surface area (TPSA) is 46.5 Å². The Bertz CT molecular complexity index is 393. The lowest BCUT2D eigenvalue weighted by atomic mass is 9.75. The number of rotatable bonds is 8. The van der Waals surface area contributed by atoms with Crippen molar-refractivity contribution in [3.05, 3.63) is 24.3 Å². The Morgan fingerprint density at radius 1 is 1.38 bits per heavy atom. The van der Waals surface area contributed by atoms with Crippen LogP contribution in [0.4, 0.5) is 0 Å². The molecule has 0 bridgehead atoms. The maximum absolute atomic E-state index is 12.5. The van der Waals surface area contributed by atoms with Crippen LogP contribution >= 0.6 is 0 Å². The van der Waals surface area contributed by atoms with E-state index in [2.05, 4.69) is 6.92 Å². The number of hydrogen-bond acceptors (Lipinski definition) is 3. The highest BCUT2D eigenvalue weighted by atomic mass is 16.5. The zero-order chi connectivity index (χ0) is 15.9. The van der Waals surface area contributed by atoms with E-state index in [1.807, 2.05) is 45.1 Å². The Morgan fingerprint density at radius 2 is 2.10 bits per heavy atom. The quantitative estimate of drug-likeness (QED) is 0.691. The van der Waals surface area contributed by atoms with Gasteiger partial charge in [0, 0.05) is 5.41 Å². The van der Waals surface area contributed by atoms with E-state index < -0.39 is 5.41 Å². The van der Waals surface area contributed by atoms with Crippen molar-refractivity contribution in [1.82, 2.24) is 0 Å². The molecule has 0 heterocycles. The molecule has 3 heteroatoms. The molecule has 0 fully saturated rings. The van der Waals surface area contributed by atoms with E-state index in [9.17, 15) is 9.90 Å². The molecule has 0 saturated carbocycles. The first-order valence-corrected chi connectivity index (χ1v) is 8.08. The van der Waals surface area contributed by atoms with Gasteiger partial charge in [0.15, 0.2) is 0 Å². The molecule has 0 aromatic rings. The van der Waals surface area contributed by atoms with Crippen LogP contribution in [-0.2, 0) is 9.53 Å². The number of esters is 1. The summed E-state index contributed by atoms with van der Waals surface area (Å²) in [6.07, 6.45) is 11.6. The Balaban J connectivity index is 2.69. The first kappa shape index (κ1) is 18.0. The molecule has 21 heavy (non-hydrogen) atoms. The van der Waals surface area contributed by atoms with E-state index in [1.54, 1.807) is 0 Å². The average Bonchev–Trinajstić information content (AvgIpc) is 2.51. The van der Waals surface area contributed by atoms with Crippen molar-refractivity contribution in [3.8, 4) is 0 Å². The molecule has 3 atom stereocenters. The van der Waals surface area contributed by atoms with Gasteiger partial charge in [0.25, 0.3) is 0 Å². The van der Waals surface area contributed by atoms with Crippen molar-refractivity contribution in [2.45, 2.75) is 53.4 Å². The van der Waals surface area contributed by atoms with Gasteiger partial charge in [0.1, 0.15) is 0 Å². The number of unbranched alkanes of at least 4 members (excludes halogenated alkanes) is 1. The highest BCUT2D eigenvalue weighted by Gasteiger charge is 2.39. The summed E-state index contributed by atoms with van der Waals surface area (Å²) in [6.45, 7) is 8.49. The normalized spacial score (nSPS) is 27.4. The number of ether oxygens (including phenoxy) is 1. The average molecular weight is 294 g/mol. The van der Waals surface area contributed by atoms with Gasteiger partial charge >= 0.3 is 5.97 Å².